The molecule has 1 heterocycles. The average molecular weight is 373 g/mol. The minimum atomic E-state index is -0.930. The SMILES string of the molecule is COc1cccc(-c2nc(CC(=O)O)cs2)c1OCc1ccc(F)cc1. The summed E-state index contributed by atoms with van der Waals surface area (Å²) in [4.78, 5) is 15.2. The van der Waals surface area contributed by atoms with E-state index in [9.17, 15) is 9.18 Å². The van der Waals surface area contributed by atoms with Crippen molar-refractivity contribution in [1.29, 1.82) is 0 Å². The molecule has 1 aromatic heterocycles. The molecule has 1 N–H and O–H groups in total. The van der Waals surface area contributed by atoms with Gasteiger partial charge in [0.1, 0.15) is 17.4 Å². The fraction of sp³-hybridized carbons (Fsp3) is 0.158. The molecule has 0 atom stereocenters. The lowest BCUT2D eigenvalue weighted by Gasteiger charge is -2.14. The first-order valence-corrected chi connectivity index (χ1v) is 8.65. The lowest BCUT2D eigenvalue weighted by atomic mass is 10.2. The van der Waals surface area contributed by atoms with E-state index in [2.05, 4.69) is 4.98 Å². The van der Waals surface area contributed by atoms with E-state index in [0.717, 1.165) is 5.56 Å². The van der Waals surface area contributed by atoms with Crippen molar-refractivity contribution in [1.82, 2.24) is 4.98 Å². The fourth-order valence-corrected chi connectivity index (χ4v) is 3.24. The molecule has 0 amide bonds. The molecular weight excluding hydrogens is 357 g/mol. The van der Waals surface area contributed by atoms with Crippen LogP contribution in [0.15, 0.2) is 47.8 Å². The second-order valence-electron chi connectivity index (χ2n) is 5.47. The summed E-state index contributed by atoms with van der Waals surface area (Å²) in [6, 6.07) is 11.5. The smallest absolute Gasteiger partial charge is 0.309 e. The van der Waals surface area contributed by atoms with Crippen molar-refractivity contribution in [2.24, 2.45) is 0 Å². The Kier molecular flexibility index (Phi) is 5.48. The van der Waals surface area contributed by atoms with Gasteiger partial charge in [0.25, 0.3) is 0 Å². The number of carboxylic acid groups (broad SMARTS) is 1. The summed E-state index contributed by atoms with van der Waals surface area (Å²) in [5, 5.41) is 11.3. The van der Waals surface area contributed by atoms with Gasteiger partial charge in [0.2, 0.25) is 0 Å². The monoisotopic (exact) mass is 373 g/mol. The van der Waals surface area contributed by atoms with Crippen LogP contribution in [0, 0.1) is 5.82 Å². The molecule has 0 saturated carbocycles. The number of nitrogens with zero attached hydrogens (tertiary/aromatic N) is 1. The van der Waals surface area contributed by atoms with E-state index in [1.54, 1.807) is 30.7 Å². The third-order valence-corrected chi connectivity index (χ3v) is 4.53. The van der Waals surface area contributed by atoms with Crippen LogP contribution in [0.2, 0.25) is 0 Å². The van der Waals surface area contributed by atoms with Gasteiger partial charge < -0.3 is 14.6 Å². The van der Waals surface area contributed by atoms with Crippen LogP contribution >= 0.6 is 11.3 Å². The van der Waals surface area contributed by atoms with Crippen LogP contribution in [-0.2, 0) is 17.8 Å². The van der Waals surface area contributed by atoms with E-state index >= 15 is 0 Å². The van der Waals surface area contributed by atoms with Crippen LogP contribution in [0.4, 0.5) is 4.39 Å². The molecule has 3 rings (SSSR count). The van der Waals surface area contributed by atoms with Crippen LogP contribution in [0.3, 0.4) is 0 Å². The van der Waals surface area contributed by atoms with Crippen LogP contribution in [0.1, 0.15) is 11.3 Å². The van der Waals surface area contributed by atoms with E-state index < -0.39 is 5.97 Å². The van der Waals surface area contributed by atoms with Gasteiger partial charge in [-0.1, -0.05) is 18.2 Å². The number of rotatable bonds is 7. The molecule has 2 aromatic carbocycles. The first-order valence-electron chi connectivity index (χ1n) is 7.77. The van der Waals surface area contributed by atoms with Gasteiger partial charge in [0, 0.05) is 5.38 Å². The summed E-state index contributed by atoms with van der Waals surface area (Å²) in [7, 11) is 1.54. The number of aliphatic carboxylic acids is 1. The molecule has 0 aliphatic carbocycles. The molecule has 26 heavy (non-hydrogen) atoms. The van der Waals surface area contributed by atoms with Gasteiger partial charge in [-0.05, 0) is 29.8 Å². The van der Waals surface area contributed by atoms with Gasteiger partial charge in [-0.15, -0.1) is 11.3 Å². The van der Waals surface area contributed by atoms with Crippen molar-refractivity contribution < 1.29 is 23.8 Å². The van der Waals surface area contributed by atoms with E-state index in [4.69, 9.17) is 14.6 Å². The quantitative estimate of drug-likeness (QED) is 0.673. The van der Waals surface area contributed by atoms with Gasteiger partial charge in [-0.2, -0.15) is 0 Å². The first-order chi connectivity index (χ1) is 12.6. The van der Waals surface area contributed by atoms with Crippen LogP contribution in [-0.4, -0.2) is 23.2 Å². The minimum absolute atomic E-state index is 0.133. The summed E-state index contributed by atoms with van der Waals surface area (Å²) < 4.78 is 24.4. The number of halogens is 1. The number of ether oxygens (including phenoxy) is 2. The summed E-state index contributed by atoms with van der Waals surface area (Å²) in [6.07, 6.45) is -0.133. The molecule has 5 nitrogen and oxygen atoms in total. The highest BCUT2D eigenvalue weighted by atomic mass is 32.1. The van der Waals surface area contributed by atoms with E-state index in [1.807, 2.05) is 12.1 Å². The lowest BCUT2D eigenvalue weighted by Crippen LogP contribution is -2.01. The number of carboxylic acids is 1. The molecule has 0 saturated heterocycles. The second kappa shape index (κ2) is 7.97. The highest BCUT2D eigenvalue weighted by Gasteiger charge is 2.16. The number of hydrogen-bond donors (Lipinski definition) is 1. The Labute approximate surface area is 153 Å². The number of carbonyl (C=O) groups is 1. The summed E-state index contributed by atoms with van der Waals surface area (Å²) in [5.41, 5.74) is 2.02. The Morgan fingerprint density at radius 2 is 2.00 bits per heavy atom. The third kappa shape index (κ3) is 4.18. The Morgan fingerprint density at radius 1 is 1.23 bits per heavy atom. The minimum Gasteiger partial charge on any atom is -0.493 e. The van der Waals surface area contributed by atoms with Gasteiger partial charge in [-0.25, -0.2) is 9.37 Å². The van der Waals surface area contributed by atoms with Crippen LogP contribution in [0.5, 0.6) is 11.5 Å². The predicted octanol–water partition coefficient (Wildman–Crippen LogP) is 4.16. The summed E-state index contributed by atoms with van der Waals surface area (Å²) in [5.74, 6) is -0.184. The Bertz CT molecular complexity index is 908. The maximum atomic E-state index is 13.0. The first kappa shape index (κ1) is 17.9. The number of aromatic nitrogens is 1. The lowest BCUT2D eigenvalue weighted by molar-refractivity contribution is -0.136. The zero-order valence-corrected chi connectivity index (χ0v) is 14.8. The zero-order valence-electron chi connectivity index (χ0n) is 13.9. The van der Waals surface area contributed by atoms with E-state index in [-0.39, 0.29) is 18.8 Å². The molecular formula is C19H16FNO4S. The molecule has 3 aromatic rings. The van der Waals surface area contributed by atoms with Gasteiger partial charge in [-0.3, -0.25) is 4.79 Å². The summed E-state index contributed by atoms with van der Waals surface area (Å²) in [6.45, 7) is 0.237. The number of thiazole rings is 1. The molecule has 0 aliphatic rings. The molecule has 0 radical (unpaired) electrons. The fourth-order valence-electron chi connectivity index (χ4n) is 2.40. The van der Waals surface area contributed by atoms with Crippen LogP contribution in [0.25, 0.3) is 10.6 Å². The van der Waals surface area contributed by atoms with Gasteiger partial charge >= 0.3 is 5.97 Å². The largest absolute Gasteiger partial charge is 0.493 e. The highest BCUT2D eigenvalue weighted by Crippen LogP contribution is 2.39. The predicted molar refractivity (Wildman–Crippen MR) is 96.2 cm³/mol. The molecule has 0 aliphatic heterocycles. The van der Waals surface area contributed by atoms with Gasteiger partial charge in [0.05, 0.1) is 24.8 Å². The Balaban J connectivity index is 1.89. The summed E-state index contributed by atoms with van der Waals surface area (Å²) >= 11 is 1.34. The molecule has 0 unspecified atom stereocenters. The standard InChI is InChI=1S/C19H16FNO4S/c1-24-16-4-2-3-15(19-21-14(11-26-19)9-17(22)23)18(16)25-10-12-5-7-13(20)8-6-12/h2-8,11H,9-10H2,1H3,(H,22,23). The molecule has 0 fully saturated rings. The van der Waals surface area contributed by atoms with E-state index in [0.29, 0.717) is 27.8 Å². The van der Waals surface area contributed by atoms with E-state index in [1.165, 1.54) is 23.5 Å². The molecule has 134 valence electrons. The van der Waals surface area contributed by atoms with Gasteiger partial charge in [0.15, 0.2) is 11.5 Å². The number of hydrogen-bond acceptors (Lipinski definition) is 5. The van der Waals surface area contributed by atoms with Crippen molar-refractivity contribution in [3.63, 3.8) is 0 Å². The number of para-hydroxylation sites is 1. The molecule has 0 bridgehead atoms. The maximum absolute atomic E-state index is 13.0. The topological polar surface area (TPSA) is 68.7 Å². The molecule has 0 spiro atoms. The van der Waals surface area contributed by atoms with Crippen molar-refractivity contribution >= 4 is 17.3 Å². The Hall–Kier alpha value is -2.93. The van der Waals surface area contributed by atoms with Crippen molar-refractivity contribution in [2.75, 3.05) is 7.11 Å². The maximum Gasteiger partial charge on any atom is 0.309 e. The van der Waals surface area contributed by atoms with Crippen molar-refractivity contribution in [3.05, 3.63) is 64.9 Å². The number of benzene rings is 2. The number of methoxy groups -OCH3 is 1. The normalized spacial score (nSPS) is 10.5. The van der Waals surface area contributed by atoms with Crippen LogP contribution < -0.4 is 9.47 Å². The highest BCUT2D eigenvalue weighted by molar-refractivity contribution is 7.13. The second-order valence-corrected chi connectivity index (χ2v) is 6.32. The average Bonchev–Trinajstić information content (AvgIpc) is 3.08. The Morgan fingerprint density at radius 3 is 2.69 bits per heavy atom. The van der Waals surface area contributed by atoms with Crippen molar-refractivity contribution in [3.8, 4) is 22.1 Å². The molecule has 7 heteroatoms. The van der Waals surface area contributed by atoms with Crippen molar-refractivity contribution in [2.45, 2.75) is 13.0 Å². The third-order valence-electron chi connectivity index (χ3n) is 3.61. The zero-order chi connectivity index (χ0) is 18.5.